The molecule has 4 rings (SSSR count). The number of aliphatic hydroxyl groups is 1. The fourth-order valence-corrected chi connectivity index (χ4v) is 4.49. The van der Waals surface area contributed by atoms with Gasteiger partial charge in [-0.15, -0.1) is 0 Å². The lowest BCUT2D eigenvalue weighted by Crippen LogP contribution is -2.35. The maximum atomic E-state index is 15.2. The highest BCUT2D eigenvalue weighted by Crippen LogP contribution is 2.49. The zero-order valence-corrected chi connectivity index (χ0v) is 20.5. The second kappa shape index (κ2) is 10.2. The van der Waals surface area contributed by atoms with E-state index >= 15 is 8.78 Å². The minimum atomic E-state index is -1.59. The highest BCUT2D eigenvalue weighted by molar-refractivity contribution is 5.93. The summed E-state index contributed by atoms with van der Waals surface area (Å²) in [4.78, 5) is 20.9. The fourth-order valence-electron chi connectivity index (χ4n) is 4.49. The minimum Gasteiger partial charge on any atom is -0.499 e. The number of piperidine rings is 1. The number of anilines is 2. The van der Waals surface area contributed by atoms with Crippen LogP contribution in [0.15, 0.2) is 33.6 Å². The molecule has 0 bridgehead atoms. The molecule has 0 atom stereocenters. The van der Waals surface area contributed by atoms with Crippen LogP contribution in [-0.4, -0.2) is 68.5 Å². The van der Waals surface area contributed by atoms with Crippen molar-refractivity contribution >= 4 is 35.5 Å². The van der Waals surface area contributed by atoms with Crippen LogP contribution >= 0.6 is 0 Å². The molecule has 1 aromatic carbocycles. The van der Waals surface area contributed by atoms with Crippen LogP contribution in [0.3, 0.4) is 0 Å². The van der Waals surface area contributed by atoms with Crippen molar-refractivity contribution in [2.24, 2.45) is 15.9 Å². The number of nitrogens with zero attached hydrogens (tertiary/aromatic N) is 6. The summed E-state index contributed by atoms with van der Waals surface area (Å²) in [6.07, 6.45) is 3.63. The first-order valence-corrected chi connectivity index (χ1v) is 11.8. The summed E-state index contributed by atoms with van der Waals surface area (Å²) in [5.74, 6) is 0.935. The predicted octanol–water partition coefficient (Wildman–Crippen LogP) is 3.98. The molecule has 1 saturated heterocycles. The van der Waals surface area contributed by atoms with E-state index in [1.165, 1.54) is 12.4 Å². The van der Waals surface area contributed by atoms with Crippen molar-refractivity contribution in [2.75, 3.05) is 50.2 Å². The third-order valence-corrected chi connectivity index (χ3v) is 6.81. The molecule has 1 aliphatic carbocycles. The Morgan fingerprint density at radius 2 is 2.06 bits per heavy atom. The van der Waals surface area contributed by atoms with Gasteiger partial charge in [0, 0.05) is 43.7 Å². The van der Waals surface area contributed by atoms with E-state index in [1.807, 2.05) is 13.0 Å². The summed E-state index contributed by atoms with van der Waals surface area (Å²) in [6.45, 7) is 6.88. The van der Waals surface area contributed by atoms with E-state index in [0.717, 1.165) is 24.3 Å². The van der Waals surface area contributed by atoms with Crippen LogP contribution < -0.4 is 9.80 Å². The number of ether oxygens (including phenoxy) is 1. The van der Waals surface area contributed by atoms with Crippen LogP contribution in [0.25, 0.3) is 10.9 Å². The lowest BCUT2D eigenvalue weighted by molar-refractivity contribution is 0.278. The Labute approximate surface area is 204 Å². The smallest absolute Gasteiger partial charge is 0.170 e. The number of aromatic nitrogens is 2. The van der Waals surface area contributed by atoms with Crippen LogP contribution in [0.2, 0.25) is 0 Å². The van der Waals surface area contributed by atoms with E-state index in [-0.39, 0.29) is 23.9 Å². The SMILES string of the molecule is C=NC=N/C(=C(\C)OC)C1CCN(c2nc(C3(F)CC3)nc3c(F)cc(N(C)CCO)cc23)CC1. The number of benzene rings is 1. The molecule has 1 aromatic heterocycles. The molecule has 2 aromatic rings. The van der Waals surface area contributed by atoms with Crippen molar-refractivity contribution in [2.45, 2.75) is 38.3 Å². The monoisotopic (exact) mass is 486 g/mol. The molecule has 1 aliphatic heterocycles. The van der Waals surface area contributed by atoms with Crippen molar-refractivity contribution in [3.8, 4) is 0 Å². The number of halogens is 2. The third kappa shape index (κ3) is 5.12. The molecule has 2 fully saturated rings. The van der Waals surface area contributed by atoms with Crippen molar-refractivity contribution in [1.82, 2.24) is 9.97 Å². The molecule has 0 spiro atoms. The number of alkyl halides is 1. The van der Waals surface area contributed by atoms with Gasteiger partial charge in [-0.2, -0.15) is 0 Å². The molecule has 188 valence electrons. The first kappa shape index (κ1) is 25.0. The predicted molar refractivity (Wildman–Crippen MR) is 135 cm³/mol. The van der Waals surface area contributed by atoms with Gasteiger partial charge in [0.2, 0.25) is 0 Å². The number of fused-ring (bicyclic) bond motifs is 1. The van der Waals surface area contributed by atoms with E-state index in [4.69, 9.17) is 4.74 Å². The van der Waals surface area contributed by atoms with E-state index in [2.05, 4.69) is 31.6 Å². The summed E-state index contributed by atoms with van der Waals surface area (Å²) in [5, 5.41) is 9.85. The number of aliphatic imine (C=N–C) groups is 2. The Kier molecular flexibility index (Phi) is 7.30. The van der Waals surface area contributed by atoms with Crippen LogP contribution in [0.4, 0.5) is 20.3 Å². The number of hydrogen-bond acceptors (Lipinski definition) is 7. The van der Waals surface area contributed by atoms with Gasteiger partial charge >= 0.3 is 0 Å². The lowest BCUT2D eigenvalue weighted by atomic mass is 9.92. The maximum Gasteiger partial charge on any atom is 0.170 e. The molecule has 8 nitrogen and oxygen atoms in total. The van der Waals surface area contributed by atoms with Crippen LogP contribution in [0, 0.1) is 11.7 Å². The average Bonchev–Trinajstić information content (AvgIpc) is 3.62. The van der Waals surface area contributed by atoms with Crippen LogP contribution in [0.1, 0.15) is 38.4 Å². The van der Waals surface area contributed by atoms with Gasteiger partial charge in [0.25, 0.3) is 0 Å². The number of hydrogen-bond donors (Lipinski definition) is 1. The Hall–Kier alpha value is -3.14. The highest BCUT2D eigenvalue weighted by atomic mass is 19.1. The number of methoxy groups -OCH3 is 1. The Morgan fingerprint density at radius 3 is 2.66 bits per heavy atom. The van der Waals surface area contributed by atoms with Crippen LogP contribution in [0.5, 0.6) is 0 Å². The first-order valence-electron chi connectivity index (χ1n) is 11.8. The number of likely N-dealkylation sites (N-methyl/N-ethyl adjacent to an activating group) is 1. The van der Waals surface area contributed by atoms with E-state index in [0.29, 0.717) is 49.4 Å². The van der Waals surface area contributed by atoms with E-state index in [9.17, 15) is 5.11 Å². The molecule has 35 heavy (non-hydrogen) atoms. The summed E-state index contributed by atoms with van der Waals surface area (Å²) >= 11 is 0. The number of aliphatic hydroxyl groups excluding tert-OH is 1. The summed E-state index contributed by atoms with van der Waals surface area (Å²) < 4.78 is 35.7. The van der Waals surface area contributed by atoms with Gasteiger partial charge in [-0.25, -0.2) is 23.7 Å². The lowest BCUT2D eigenvalue weighted by Gasteiger charge is -2.34. The van der Waals surface area contributed by atoms with Gasteiger partial charge in [-0.1, -0.05) is 0 Å². The standard InChI is InChI=1S/C25H32F2N6O2/c1-16(35-4)21(29-15-28-2)17-5-9-33(10-6-17)23-19-13-18(32(3)11-12-34)14-20(26)22(19)30-24(31-23)25(27)7-8-25/h13-15,17,34H,2,5-12H2,1,3-4H3/b21-16+,29-15?. The van der Waals surface area contributed by atoms with Gasteiger partial charge in [0.1, 0.15) is 23.4 Å². The summed E-state index contributed by atoms with van der Waals surface area (Å²) in [7, 11) is 3.39. The zero-order valence-electron chi connectivity index (χ0n) is 20.5. The minimum absolute atomic E-state index is 0.0509. The zero-order chi connectivity index (χ0) is 25.2. The van der Waals surface area contributed by atoms with Gasteiger partial charge in [-0.05, 0) is 51.5 Å². The molecular formula is C25H32F2N6O2. The van der Waals surface area contributed by atoms with Crippen molar-refractivity contribution in [1.29, 1.82) is 0 Å². The van der Waals surface area contributed by atoms with E-state index in [1.54, 1.807) is 19.1 Å². The molecule has 10 heteroatoms. The molecule has 1 N–H and O–H groups in total. The molecule has 2 heterocycles. The number of allylic oxidation sites excluding steroid dienone is 2. The fraction of sp³-hybridized carbons (Fsp3) is 0.520. The Balaban J connectivity index is 1.71. The van der Waals surface area contributed by atoms with E-state index < -0.39 is 11.5 Å². The second-order valence-electron chi connectivity index (χ2n) is 9.14. The van der Waals surface area contributed by atoms with Crippen molar-refractivity contribution in [3.63, 3.8) is 0 Å². The topological polar surface area (TPSA) is 86.4 Å². The quantitative estimate of drug-likeness (QED) is 0.328. The van der Waals surface area contributed by atoms with Gasteiger partial charge < -0.3 is 19.6 Å². The first-order chi connectivity index (χ1) is 16.8. The maximum absolute atomic E-state index is 15.2. The molecule has 1 saturated carbocycles. The largest absolute Gasteiger partial charge is 0.499 e. The third-order valence-electron chi connectivity index (χ3n) is 6.81. The molecule has 2 aliphatic rings. The van der Waals surface area contributed by atoms with Crippen molar-refractivity contribution in [3.05, 3.63) is 35.2 Å². The normalized spacial score (nSPS) is 18.6. The molecule has 0 unspecified atom stereocenters. The summed E-state index contributed by atoms with van der Waals surface area (Å²) in [5.41, 5.74) is -0.0370. The van der Waals surface area contributed by atoms with Gasteiger partial charge in [0.05, 0.1) is 19.4 Å². The molecular weight excluding hydrogens is 454 g/mol. The molecule has 0 radical (unpaired) electrons. The Morgan fingerprint density at radius 1 is 1.34 bits per heavy atom. The van der Waals surface area contributed by atoms with Crippen LogP contribution in [-0.2, 0) is 10.4 Å². The number of rotatable bonds is 9. The van der Waals surface area contributed by atoms with Gasteiger partial charge in [-0.3, -0.25) is 4.99 Å². The highest BCUT2D eigenvalue weighted by Gasteiger charge is 2.48. The average molecular weight is 487 g/mol. The molecule has 0 amide bonds. The Bertz CT molecular complexity index is 1160. The van der Waals surface area contributed by atoms with Crippen molar-refractivity contribution < 1.29 is 18.6 Å². The summed E-state index contributed by atoms with van der Waals surface area (Å²) in [6, 6.07) is 3.19. The van der Waals surface area contributed by atoms with Gasteiger partial charge in [0.15, 0.2) is 17.3 Å². The second-order valence-corrected chi connectivity index (χ2v) is 9.14.